The zero-order valence-electron chi connectivity index (χ0n) is 23.6. The van der Waals surface area contributed by atoms with Crippen molar-refractivity contribution in [3.05, 3.63) is 0 Å². The van der Waals surface area contributed by atoms with E-state index in [9.17, 15) is 37.1 Å². The summed E-state index contributed by atoms with van der Waals surface area (Å²) in [7, 11) is 0. The Morgan fingerprint density at radius 3 is 2.08 bits per heavy atom. The van der Waals surface area contributed by atoms with E-state index in [2.05, 4.69) is 10.1 Å². The fourth-order valence-electron chi connectivity index (χ4n) is 5.74. The molecular weight excluding hydrogens is 519 g/mol. The minimum atomic E-state index is -4.83. The third kappa shape index (κ3) is 6.40. The molecule has 3 fully saturated rings. The van der Waals surface area contributed by atoms with Crippen LogP contribution in [0.2, 0.25) is 0 Å². The smallest absolute Gasteiger partial charge is 0.427 e. The molecular formula is C27H40F3N3O6. The average Bonchev–Trinajstić information content (AvgIpc) is 3.61. The molecule has 3 N–H and O–H groups in total. The van der Waals surface area contributed by atoms with Crippen molar-refractivity contribution in [2.24, 2.45) is 40.2 Å². The number of hydrogen-bond acceptors (Lipinski definition) is 6. The number of nitrogens with zero attached hydrogens (tertiary/aromatic N) is 1. The monoisotopic (exact) mass is 559 g/mol. The largest absolute Gasteiger partial charge is 0.434 e. The third-order valence-electron chi connectivity index (χ3n) is 8.60. The van der Waals surface area contributed by atoms with Crippen LogP contribution in [0.5, 0.6) is 0 Å². The number of alkyl carbamates (subject to hydrolysis) is 1. The SMILES string of the molecule is CC(C)(C)[C@H](NC(=O)OC(C)(C)C(F)(F)F)C(=O)N1C[C@H]2[C@@H]([C@H]1C(=O)C[C@@H](CC1CC1)C(=O)C(N)=O)C2(C)C. The lowest BCUT2D eigenvalue weighted by Crippen LogP contribution is -2.59. The molecule has 0 aromatic heterocycles. The lowest BCUT2D eigenvalue weighted by Gasteiger charge is -2.38. The Kier molecular flexibility index (Phi) is 7.97. The van der Waals surface area contributed by atoms with Gasteiger partial charge in [0.1, 0.15) is 6.04 Å². The Morgan fingerprint density at radius 2 is 1.62 bits per heavy atom. The van der Waals surface area contributed by atoms with Gasteiger partial charge in [0.2, 0.25) is 17.3 Å². The molecule has 5 atom stereocenters. The van der Waals surface area contributed by atoms with Crippen LogP contribution in [0.4, 0.5) is 18.0 Å². The quantitative estimate of drug-likeness (QED) is 0.394. The van der Waals surface area contributed by atoms with Gasteiger partial charge in [0.15, 0.2) is 5.78 Å². The van der Waals surface area contributed by atoms with Gasteiger partial charge in [-0.25, -0.2) is 4.79 Å². The summed E-state index contributed by atoms with van der Waals surface area (Å²) in [6.45, 7) is 10.5. The fourth-order valence-corrected chi connectivity index (χ4v) is 5.74. The van der Waals surface area contributed by atoms with Gasteiger partial charge in [0.05, 0.1) is 6.04 Å². The van der Waals surface area contributed by atoms with Gasteiger partial charge in [-0.1, -0.05) is 47.5 Å². The first-order valence-electron chi connectivity index (χ1n) is 13.3. The van der Waals surface area contributed by atoms with E-state index < -0.39 is 58.9 Å². The van der Waals surface area contributed by atoms with Crippen LogP contribution in [0.25, 0.3) is 0 Å². The predicted molar refractivity (Wildman–Crippen MR) is 134 cm³/mol. The van der Waals surface area contributed by atoms with Crippen molar-refractivity contribution in [2.75, 3.05) is 6.54 Å². The molecule has 2 saturated carbocycles. The fraction of sp³-hybridized carbons (Fsp3) is 0.815. The van der Waals surface area contributed by atoms with Crippen molar-refractivity contribution in [3.8, 4) is 0 Å². The number of primary amides is 1. The van der Waals surface area contributed by atoms with Crippen LogP contribution in [0.3, 0.4) is 0 Å². The Labute approximate surface area is 226 Å². The summed E-state index contributed by atoms with van der Waals surface area (Å²) in [5, 5.41) is 2.30. The first-order chi connectivity index (χ1) is 17.6. The number of rotatable bonds is 10. The van der Waals surface area contributed by atoms with Gasteiger partial charge in [-0.15, -0.1) is 0 Å². The van der Waals surface area contributed by atoms with E-state index in [0.29, 0.717) is 20.3 Å². The van der Waals surface area contributed by atoms with Gasteiger partial charge in [-0.3, -0.25) is 19.2 Å². The van der Waals surface area contributed by atoms with Crippen molar-refractivity contribution in [2.45, 2.75) is 98.0 Å². The second-order valence-corrected chi connectivity index (χ2v) is 13.5. The number of nitrogens with two attached hydrogens (primary N) is 1. The van der Waals surface area contributed by atoms with Gasteiger partial charge in [-0.05, 0) is 48.9 Å². The summed E-state index contributed by atoms with van der Waals surface area (Å²) >= 11 is 0. The van der Waals surface area contributed by atoms with E-state index in [1.165, 1.54) is 4.90 Å². The maximum atomic E-state index is 13.8. The topological polar surface area (TPSA) is 136 Å². The van der Waals surface area contributed by atoms with E-state index >= 15 is 0 Å². The number of halogens is 3. The molecule has 0 unspecified atom stereocenters. The Hall–Kier alpha value is -2.66. The Bertz CT molecular complexity index is 1040. The van der Waals surface area contributed by atoms with Crippen molar-refractivity contribution < 1.29 is 41.9 Å². The number of amides is 3. The van der Waals surface area contributed by atoms with Crippen LogP contribution in [0.1, 0.15) is 74.1 Å². The van der Waals surface area contributed by atoms with Crippen molar-refractivity contribution in [3.63, 3.8) is 0 Å². The predicted octanol–water partition coefficient (Wildman–Crippen LogP) is 3.38. The Morgan fingerprint density at radius 1 is 1.05 bits per heavy atom. The molecule has 0 bridgehead atoms. The summed E-state index contributed by atoms with van der Waals surface area (Å²) in [5.41, 5.74) is 1.27. The second-order valence-electron chi connectivity index (χ2n) is 13.5. The minimum Gasteiger partial charge on any atom is -0.434 e. The zero-order chi connectivity index (χ0) is 29.9. The van der Waals surface area contributed by atoms with Crippen LogP contribution >= 0.6 is 0 Å². The molecule has 0 aromatic rings. The van der Waals surface area contributed by atoms with Crippen LogP contribution < -0.4 is 11.1 Å². The van der Waals surface area contributed by atoms with Crippen molar-refractivity contribution in [1.82, 2.24) is 10.2 Å². The maximum absolute atomic E-state index is 13.8. The number of likely N-dealkylation sites (tertiary alicyclic amines) is 1. The van der Waals surface area contributed by atoms with Gasteiger partial charge < -0.3 is 20.7 Å². The Balaban J connectivity index is 1.83. The summed E-state index contributed by atoms with van der Waals surface area (Å²) in [6.07, 6.45) is -4.29. The number of hydrogen-bond donors (Lipinski definition) is 2. The van der Waals surface area contributed by atoms with Crippen LogP contribution in [0, 0.1) is 34.5 Å². The molecule has 3 amide bonds. The minimum absolute atomic E-state index is 0.000793. The standard InChI is InChI=1S/C27H40F3N3O6/c1-24(2,3)20(32-23(38)39-26(6,7)27(28,29)30)22(37)33-12-15-17(25(15,4)5)18(33)16(34)11-14(10-13-8-9-13)19(35)21(31)36/h13-15,17-18,20H,8-12H2,1-7H3,(H2,31,36)(H,32,38)/t14-,15+,17+,18-,20-/m1/s1. The number of Topliss-reactive ketones (excluding diaryl/α,β-unsaturated/α-hetero) is 2. The lowest BCUT2D eigenvalue weighted by molar-refractivity contribution is -0.244. The molecule has 1 aliphatic heterocycles. The molecule has 12 heteroatoms. The highest BCUT2D eigenvalue weighted by molar-refractivity contribution is 6.36. The number of piperidine rings is 1. The highest BCUT2D eigenvalue weighted by atomic mass is 19.4. The van der Waals surface area contributed by atoms with Crippen LogP contribution in [0.15, 0.2) is 0 Å². The molecule has 0 aromatic carbocycles. The summed E-state index contributed by atoms with van der Waals surface area (Å²) < 4.78 is 44.4. The highest BCUT2D eigenvalue weighted by Crippen LogP contribution is 2.65. The number of nitrogens with one attached hydrogen (secondary N) is 1. The van der Waals surface area contributed by atoms with E-state index in [1.807, 2.05) is 13.8 Å². The number of fused-ring (bicyclic) bond motifs is 1. The van der Waals surface area contributed by atoms with E-state index in [1.54, 1.807) is 20.8 Å². The number of ether oxygens (including phenoxy) is 1. The van der Waals surface area contributed by atoms with Crippen LogP contribution in [-0.2, 0) is 23.9 Å². The van der Waals surface area contributed by atoms with Crippen LogP contribution in [-0.4, -0.2) is 64.8 Å². The number of carbonyl (C=O) groups excluding carboxylic acids is 5. The molecule has 9 nitrogen and oxygen atoms in total. The van der Waals surface area contributed by atoms with Gasteiger partial charge in [0, 0.05) is 18.9 Å². The molecule has 3 rings (SSSR count). The number of alkyl halides is 3. The van der Waals surface area contributed by atoms with E-state index in [-0.39, 0.29) is 41.9 Å². The zero-order valence-corrected chi connectivity index (χ0v) is 23.6. The first-order valence-corrected chi connectivity index (χ1v) is 13.3. The summed E-state index contributed by atoms with van der Waals surface area (Å²) in [4.78, 5) is 65.5. The van der Waals surface area contributed by atoms with Crippen molar-refractivity contribution >= 4 is 29.5 Å². The normalized spacial score (nSPS) is 25.8. The molecule has 1 saturated heterocycles. The van der Waals surface area contributed by atoms with Crippen molar-refractivity contribution in [1.29, 1.82) is 0 Å². The number of ketones is 2. The highest BCUT2D eigenvalue weighted by Gasteiger charge is 2.69. The molecule has 0 spiro atoms. The van der Waals surface area contributed by atoms with Gasteiger partial charge >= 0.3 is 12.3 Å². The third-order valence-corrected chi connectivity index (χ3v) is 8.60. The summed E-state index contributed by atoms with van der Waals surface area (Å²) in [5.74, 6) is -3.69. The summed E-state index contributed by atoms with van der Waals surface area (Å²) in [6, 6.07) is -2.19. The second kappa shape index (κ2) is 10.1. The molecule has 2 aliphatic carbocycles. The molecule has 0 radical (unpaired) electrons. The van der Waals surface area contributed by atoms with Gasteiger partial charge in [0.25, 0.3) is 5.91 Å². The number of carbonyl (C=O) groups is 5. The molecule has 1 heterocycles. The first kappa shape index (κ1) is 30.9. The van der Waals surface area contributed by atoms with E-state index in [4.69, 9.17) is 5.73 Å². The van der Waals surface area contributed by atoms with E-state index in [0.717, 1.165) is 12.8 Å². The molecule has 3 aliphatic rings. The molecule has 39 heavy (non-hydrogen) atoms. The molecule has 220 valence electrons. The average molecular weight is 560 g/mol. The maximum Gasteiger partial charge on any atom is 0.427 e. The van der Waals surface area contributed by atoms with Gasteiger partial charge in [-0.2, -0.15) is 13.2 Å². The lowest BCUT2D eigenvalue weighted by atomic mass is 9.84.